The van der Waals surface area contributed by atoms with Crippen molar-refractivity contribution in [2.45, 2.75) is 12.6 Å². The molecule has 1 aromatic carbocycles. The Bertz CT molecular complexity index is 701. The lowest BCUT2D eigenvalue weighted by Gasteiger charge is -2.22. The first-order valence-corrected chi connectivity index (χ1v) is 7.66. The fraction of sp³-hybridized carbons (Fsp3) is 0.294. The number of benzene rings is 1. The van der Waals surface area contributed by atoms with Crippen molar-refractivity contribution in [2.75, 3.05) is 25.1 Å². The van der Waals surface area contributed by atoms with Crippen molar-refractivity contribution in [2.24, 2.45) is 0 Å². The summed E-state index contributed by atoms with van der Waals surface area (Å²) in [5.41, 5.74) is 1.08. The molecule has 2 N–H and O–H groups in total. The number of aromatic nitrogens is 1. The standard InChI is InChI=1S/C17H18FN3O3.2ClH/c18-14-9-12(21-17(22)15-11-23-8-7-20-15)4-5-16(14)24-10-13-3-1-2-6-19-13;;/h1-6,9,15,20H,7-8,10-11H2,(H,21,22);2*1H. The number of amides is 1. The van der Waals surface area contributed by atoms with E-state index in [1.807, 2.05) is 6.07 Å². The van der Waals surface area contributed by atoms with E-state index in [1.54, 1.807) is 24.4 Å². The van der Waals surface area contributed by atoms with E-state index < -0.39 is 11.9 Å². The summed E-state index contributed by atoms with van der Waals surface area (Å²) in [6.07, 6.45) is 1.65. The van der Waals surface area contributed by atoms with Crippen LogP contribution in [0, 0.1) is 5.82 Å². The topological polar surface area (TPSA) is 72.5 Å². The number of carbonyl (C=O) groups is 1. The Morgan fingerprint density at radius 2 is 2.19 bits per heavy atom. The normalized spacial score (nSPS) is 16.0. The Kier molecular flexibility index (Phi) is 9.29. The second-order valence-electron chi connectivity index (χ2n) is 5.33. The highest BCUT2D eigenvalue weighted by atomic mass is 35.5. The third-order valence-electron chi connectivity index (χ3n) is 3.54. The van der Waals surface area contributed by atoms with Crippen molar-refractivity contribution >= 4 is 36.4 Å². The van der Waals surface area contributed by atoms with Gasteiger partial charge in [0.15, 0.2) is 11.6 Å². The van der Waals surface area contributed by atoms with Gasteiger partial charge in [-0.25, -0.2) is 4.39 Å². The summed E-state index contributed by atoms with van der Waals surface area (Å²) in [4.78, 5) is 16.2. The summed E-state index contributed by atoms with van der Waals surface area (Å²) in [5.74, 6) is -0.689. The molecule has 2 heterocycles. The van der Waals surface area contributed by atoms with Crippen molar-refractivity contribution in [1.82, 2.24) is 10.3 Å². The lowest BCUT2D eigenvalue weighted by molar-refractivity contribution is -0.120. The van der Waals surface area contributed by atoms with Gasteiger partial charge in [0, 0.05) is 24.5 Å². The van der Waals surface area contributed by atoms with E-state index in [1.165, 1.54) is 12.1 Å². The third-order valence-corrected chi connectivity index (χ3v) is 3.54. The van der Waals surface area contributed by atoms with Gasteiger partial charge in [-0.15, -0.1) is 24.8 Å². The number of pyridine rings is 1. The molecular formula is C17H20Cl2FN3O3. The van der Waals surface area contributed by atoms with Crippen LogP contribution in [0.3, 0.4) is 0 Å². The van der Waals surface area contributed by atoms with E-state index in [0.717, 1.165) is 0 Å². The van der Waals surface area contributed by atoms with E-state index in [9.17, 15) is 9.18 Å². The molecule has 1 aliphatic rings. The van der Waals surface area contributed by atoms with Crippen LogP contribution in [0.25, 0.3) is 0 Å². The lowest BCUT2D eigenvalue weighted by Crippen LogP contribution is -2.48. The van der Waals surface area contributed by atoms with E-state index in [2.05, 4.69) is 15.6 Å². The minimum atomic E-state index is -0.545. The molecule has 1 atom stereocenters. The van der Waals surface area contributed by atoms with E-state index >= 15 is 0 Å². The summed E-state index contributed by atoms with van der Waals surface area (Å²) in [5, 5.41) is 5.71. The Balaban J connectivity index is 0.00000169. The van der Waals surface area contributed by atoms with E-state index in [0.29, 0.717) is 31.1 Å². The van der Waals surface area contributed by atoms with Crippen LogP contribution in [0.4, 0.5) is 10.1 Å². The molecule has 6 nitrogen and oxygen atoms in total. The highest BCUT2D eigenvalue weighted by Gasteiger charge is 2.21. The Hall–Kier alpha value is -1.93. The van der Waals surface area contributed by atoms with Gasteiger partial charge in [-0.1, -0.05) is 6.07 Å². The number of ether oxygens (including phenoxy) is 2. The Labute approximate surface area is 163 Å². The van der Waals surface area contributed by atoms with Gasteiger partial charge in [-0.2, -0.15) is 0 Å². The number of anilines is 1. The summed E-state index contributed by atoms with van der Waals surface area (Å²) < 4.78 is 24.8. The first-order valence-electron chi connectivity index (χ1n) is 7.66. The van der Waals surface area contributed by atoms with Crippen LogP contribution in [-0.4, -0.2) is 36.7 Å². The van der Waals surface area contributed by atoms with Crippen LogP contribution in [0.2, 0.25) is 0 Å². The number of halogens is 3. The molecule has 3 rings (SSSR count). The van der Waals surface area contributed by atoms with Gasteiger partial charge in [0.1, 0.15) is 12.6 Å². The van der Waals surface area contributed by atoms with Crippen molar-refractivity contribution in [3.8, 4) is 5.75 Å². The molecule has 2 aromatic rings. The van der Waals surface area contributed by atoms with Gasteiger partial charge in [0.05, 0.1) is 18.9 Å². The molecule has 1 aromatic heterocycles. The summed E-state index contributed by atoms with van der Waals surface area (Å²) in [6, 6.07) is 9.32. The first kappa shape index (κ1) is 22.1. The molecule has 1 aliphatic heterocycles. The number of nitrogens with one attached hydrogen (secondary N) is 2. The van der Waals surface area contributed by atoms with Gasteiger partial charge in [0.2, 0.25) is 5.91 Å². The van der Waals surface area contributed by atoms with Crippen LogP contribution in [0.5, 0.6) is 5.75 Å². The molecule has 0 bridgehead atoms. The number of morpholine rings is 1. The summed E-state index contributed by atoms with van der Waals surface area (Å²) >= 11 is 0. The third kappa shape index (κ3) is 6.10. The van der Waals surface area contributed by atoms with Crippen molar-refractivity contribution < 1.29 is 18.7 Å². The predicted octanol–water partition coefficient (Wildman–Crippen LogP) is 2.57. The van der Waals surface area contributed by atoms with Gasteiger partial charge < -0.3 is 20.1 Å². The van der Waals surface area contributed by atoms with Crippen LogP contribution < -0.4 is 15.4 Å². The second kappa shape index (κ2) is 10.9. The first-order chi connectivity index (χ1) is 11.7. The highest BCUT2D eigenvalue weighted by molar-refractivity contribution is 5.95. The maximum absolute atomic E-state index is 14.1. The zero-order valence-corrected chi connectivity index (χ0v) is 15.4. The molecule has 0 saturated carbocycles. The molecule has 1 unspecified atom stereocenters. The molecule has 142 valence electrons. The predicted molar refractivity (Wildman–Crippen MR) is 101 cm³/mol. The fourth-order valence-electron chi connectivity index (χ4n) is 2.29. The molecule has 0 spiro atoms. The second-order valence-corrected chi connectivity index (χ2v) is 5.33. The maximum atomic E-state index is 14.1. The molecule has 1 amide bonds. The van der Waals surface area contributed by atoms with Crippen LogP contribution >= 0.6 is 24.8 Å². The average Bonchev–Trinajstić information content (AvgIpc) is 2.62. The van der Waals surface area contributed by atoms with Gasteiger partial charge in [-0.3, -0.25) is 9.78 Å². The highest BCUT2D eigenvalue weighted by Crippen LogP contribution is 2.22. The van der Waals surface area contributed by atoms with Crippen molar-refractivity contribution in [1.29, 1.82) is 0 Å². The van der Waals surface area contributed by atoms with E-state index in [4.69, 9.17) is 9.47 Å². The number of carbonyl (C=O) groups excluding carboxylic acids is 1. The average molecular weight is 404 g/mol. The summed E-state index contributed by atoms with van der Waals surface area (Å²) in [7, 11) is 0. The quantitative estimate of drug-likeness (QED) is 0.802. The summed E-state index contributed by atoms with van der Waals surface area (Å²) in [6.45, 7) is 1.68. The van der Waals surface area contributed by atoms with Crippen LogP contribution in [0.1, 0.15) is 5.69 Å². The van der Waals surface area contributed by atoms with Crippen molar-refractivity contribution in [3.63, 3.8) is 0 Å². The molecule has 0 aliphatic carbocycles. The molecule has 26 heavy (non-hydrogen) atoms. The fourth-order valence-corrected chi connectivity index (χ4v) is 2.29. The Morgan fingerprint density at radius 3 is 2.85 bits per heavy atom. The monoisotopic (exact) mass is 403 g/mol. The van der Waals surface area contributed by atoms with E-state index in [-0.39, 0.29) is 43.1 Å². The zero-order chi connectivity index (χ0) is 16.8. The molecule has 1 fully saturated rings. The van der Waals surface area contributed by atoms with Gasteiger partial charge >= 0.3 is 0 Å². The smallest absolute Gasteiger partial charge is 0.243 e. The van der Waals surface area contributed by atoms with Crippen LogP contribution in [0.15, 0.2) is 42.6 Å². The SMILES string of the molecule is Cl.Cl.O=C(Nc1ccc(OCc2ccccn2)c(F)c1)C1COCCN1. The largest absolute Gasteiger partial charge is 0.484 e. The molecule has 9 heteroatoms. The minimum absolute atomic E-state index is 0. The number of rotatable bonds is 5. The number of hydrogen-bond acceptors (Lipinski definition) is 5. The Morgan fingerprint density at radius 1 is 1.35 bits per heavy atom. The number of hydrogen-bond donors (Lipinski definition) is 2. The maximum Gasteiger partial charge on any atom is 0.243 e. The zero-order valence-electron chi connectivity index (χ0n) is 13.8. The van der Waals surface area contributed by atoms with Gasteiger partial charge in [-0.05, 0) is 24.3 Å². The molecule has 1 saturated heterocycles. The lowest BCUT2D eigenvalue weighted by atomic mass is 10.2. The van der Waals surface area contributed by atoms with Crippen molar-refractivity contribution in [3.05, 3.63) is 54.1 Å². The van der Waals surface area contributed by atoms with Crippen LogP contribution in [-0.2, 0) is 16.1 Å². The number of nitrogens with zero attached hydrogens (tertiary/aromatic N) is 1. The minimum Gasteiger partial charge on any atom is -0.484 e. The molecule has 0 radical (unpaired) electrons. The van der Waals surface area contributed by atoms with Gasteiger partial charge in [0.25, 0.3) is 0 Å². The molecular weight excluding hydrogens is 384 g/mol.